The fraction of sp³-hybridized carbons (Fsp3) is 0.294. The summed E-state index contributed by atoms with van der Waals surface area (Å²) in [5, 5.41) is 0. The molecule has 2 aromatic rings. The number of nitrogens with zero attached hydrogens (tertiary/aromatic N) is 1. The van der Waals surface area contributed by atoms with Crippen LogP contribution in [0.1, 0.15) is 29.7 Å². The second-order valence-corrected chi connectivity index (χ2v) is 5.29. The normalized spacial score (nSPS) is 16.0. The van der Waals surface area contributed by atoms with Crippen molar-refractivity contribution in [3.8, 4) is 0 Å². The van der Waals surface area contributed by atoms with Crippen LogP contribution in [0.3, 0.4) is 0 Å². The first-order valence-corrected chi connectivity index (χ1v) is 6.92. The average molecular weight is 252 g/mol. The number of rotatable bonds is 2. The first kappa shape index (κ1) is 12.2. The van der Waals surface area contributed by atoms with Crippen molar-refractivity contribution in [3.63, 3.8) is 0 Å². The van der Waals surface area contributed by atoms with E-state index in [1.54, 1.807) is 0 Å². The number of nitrogens with two attached hydrogens (primary N) is 1. The van der Waals surface area contributed by atoms with E-state index in [9.17, 15) is 0 Å². The van der Waals surface area contributed by atoms with Gasteiger partial charge in [-0.1, -0.05) is 42.5 Å². The van der Waals surface area contributed by atoms with E-state index in [0.717, 1.165) is 19.5 Å². The summed E-state index contributed by atoms with van der Waals surface area (Å²) in [6.45, 7) is 4.11. The lowest BCUT2D eigenvalue weighted by Crippen LogP contribution is -2.31. The van der Waals surface area contributed by atoms with Crippen LogP contribution in [0.2, 0.25) is 0 Å². The molecule has 2 N–H and O–H groups in total. The summed E-state index contributed by atoms with van der Waals surface area (Å²) < 4.78 is 0. The number of hydrogen-bond acceptors (Lipinski definition) is 2. The Kier molecular flexibility index (Phi) is 3.26. The monoisotopic (exact) mass is 252 g/mol. The van der Waals surface area contributed by atoms with Crippen molar-refractivity contribution < 1.29 is 0 Å². The van der Waals surface area contributed by atoms with Gasteiger partial charge in [-0.3, -0.25) is 0 Å². The smallest absolute Gasteiger partial charge is 0.0432 e. The third-order valence-corrected chi connectivity index (χ3v) is 3.90. The first-order valence-electron chi connectivity index (χ1n) is 6.92. The molecule has 0 spiro atoms. The number of fused-ring (bicyclic) bond motifs is 1. The van der Waals surface area contributed by atoms with Crippen LogP contribution in [0, 0.1) is 0 Å². The predicted molar refractivity (Wildman–Crippen MR) is 80.2 cm³/mol. The van der Waals surface area contributed by atoms with Crippen molar-refractivity contribution in [2.45, 2.75) is 25.9 Å². The highest BCUT2D eigenvalue weighted by Gasteiger charge is 2.18. The summed E-state index contributed by atoms with van der Waals surface area (Å²) in [6.07, 6.45) is 1.11. The fourth-order valence-electron chi connectivity index (χ4n) is 2.86. The van der Waals surface area contributed by atoms with Crippen LogP contribution in [0.25, 0.3) is 0 Å². The predicted octanol–water partition coefficient (Wildman–Crippen LogP) is 3.27. The maximum Gasteiger partial charge on any atom is 0.0432 e. The molecule has 1 atom stereocenters. The quantitative estimate of drug-likeness (QED) is 0.889. The topological polar surface area (TPSA) is 29.3 Å². The molecule has 3 rings (SSSR count). The van der Waals surface area contributed by atoms with Crippen molar-refractivity contribution >= 4 is 5.69 Å². The second-order valence-electron chi connectivity index (χ2n) is 5.29. The van der Waals surface area contributed by atoms with E-state index in [1.807, 2.05) is 0 Å². The lowest BCUT2D eigenvalue weighted by molar-refractivity contribution is 0.716. The summed E-state index contributed by atoms with van der Waals surface area (Å²) in [4.78, 5) is 2.45. The molecule has 98 valence electrons. The third-order valence-electron chi connectivity index (χ3n) is 3.90. The largest absolute Gasteiger partial charge is 0.367 e. The van der Waals surface area contributed by atoms with Gasteiger partial charge < -0.3 is 10.6 Å². The zero-order chi connectivity index (χ0) is 13.2. The molecular formula is C17H20N2. The highest BCUT2D eigenvalue weighted by Crippen LogP contribution is 2.29. The third kappa shape index (κ3) is 2.36. The van der Waals surface area contributed by atoms with Gasteiger partial charge in [0.15, 0.2) is 0 Å². The summed E-state index contributed by atoms with van der Waals surface area (Å²) >= 11 is 0. The zero-order valence-electron chi connectivity index (χ0n) is 11.3. The van der Waals surface area contributed by atoms with Gasteiger partial charge in [-0.05, 0) is 36.1 Å². The van der Waals surface area contributed by atoms with E-state index in [0.29, 0.717) is 0 Å². The lowest BCUT2D eigenvalue weighted by Gasteiger charge is -2.32. The van der Waals surface area contributed by atoms with E-state index in [-0.39, 0.29) is 6.04 Å². The minimum absolute atomic E-state index is 0.0772. The van der Waals surface area contributed by atoms with Crippen LogP contribution in [0.15, 0.2) is 48.5 Å². The molecule has 0 aliphatic carbocycles. The highest BCUT2D eigenvalue weighted by atomic mass is 15.1. The molecule has 0 bridgehead atoms. The van der Waals surface area contributed by atoms with Gasteiger partial charge in [0, 0.05) is 24.8 Å². The molecule has 2 aromatic carbocycles. The molecule has 1 aliphatic heterocycles. The van der Waals surface area contributed by atoms with E-state index >= 15 is 0 Å². The maximum absolute atomic E-state index is 6.09. The molecule has 1 unspecified atom stereocenters. The maximum atomic E-state index is 6.09. The molecule has 0 saturated carbocycles. The highest BCUT2D eigenvalue weighted by molar-refractivity contribution is 5.56. The van der Waals surface area contributed by atoms with Crippen molar-refractivity contribution in [3.05, 3.63) is 65.2 Å². The molecule has 0 radical (unpaired) electrons. The zero-order valence-corrected chi connectivity index (χ0v) is 11.3. The van der Waals surface area contributed by atoms with Crippen molar-refractivity contribution in [2.75, 3.05) is 11.4 Å². The van der Waals surface area contributed by atoms with Crippen LogP contribution in [0.5, 0.6) is 0 Å². The van der Waals surface area contributed by atoms with Gasteiger partial charge in [0.25, 0.3) is 0 Å². The molecular weight excluding hydrogens is 232 g/mol. The van der Waals surface area contributed by atoms with E-state index in [2.05, 4.69) is 60.4 Å². The minimum Gasteiger partial charge on any atom is -0.367 e. The molecule has 2 nitrogen and oxygen atoms in total. The summed E-state index contributed by atoms with van der Waals surface area (Å²) in [5.74, 6) is 0. The van der Waals surface area contributed by atoms with Crippen LogP contribution in [-0.4, -0.2) is 6.54 Å². The molecule has 2 heteroatoms. The Labute approximate surface area is 114 Å². The minimum atomic E-state index is 0.0772. The van der Waals surface area contributed by atoms with E-state index in [4.69, 9.17) is 5.73 Å². The van der Waals surface area contributed by atoms with Crippen LogP contribution < -0.4 is 10.6 Å². The van der Waals surface area contributed by atoms with Gasteiger partial charge in [-0.25, -0.2) is 0 Å². The Morgan fingerprint density at radius 3 is 2.47 bits per heavy atom. The van der Waals surface area contributed by atoms with Gasteiger partial charge in [0.1, 0.15) is 0 Å². The van der Waals surface area contributed by atoms with Gasteiger partial charge in [0.05, 0.1) is 0 Å². The van der Waals surface area contributed by atoms with Gasteiger partial charge in [-0.15, -0.1) is 0 Å². The number of hydrogen-bond donors (Lipinski definition) is 1. The number of benzene rings is 2. The summed E-state index contributed by atoms with van der Waals surface area (Å²) in [7, 11) is 0. The Balaban J connectivity index is 1.93. The molecule has 0 saturated heterocycles. The van der Waals surface area contributed by atoms with Gasteiger partial charge in [0.2, 0.25) is 0 Å². The Morgan fingerprint density at radius 2 is 1.68 bits per heavy atom. The Hall–Kier alpha value is -1.80. The molecule has 0 fully saturated rings. The van der Waals surface area contributed by atoms with Crippen molar-refractivity contribution in [1.29, 1.82) is 0 Å². The van der Waals surface area contributed by atoms with E-state index < -0.39 is 0 Å². The van der Waals surface area contributed by atoms with Crippen molar-refractivity contribution in [1.82, 2.24) is 0 Å². The van der Waals surface area contributed by atoms with Crippen LogP contribution >= 0.6 is 0 Å². The second kappa shape index (κ2) is 5.06. The SMILES string of the molecule is CC(N)c1ccccc1N1CCc2ccccc2C1. The van der Waals surface area contributed by atoms with Crippen LogP contribution in [0.4, 0.5) is 5.69 Å². The Bertz CT molecular complexity index is 575. The Morgan fingerprint density at radius 1 is 1.00 bits per heavy atom. The summed E-state index contributed by atoms with van der Waals surface area (Å²) in [6, 6.07) is 17.3. The average Bonchev–Trinajstić information content (AvgIpc) is 2.46. The molecule has 1 heterocycles. The number of anilines is 1. The van der Waals surface area contributed by atoms with Gasteiger partial charge in [-0.2, -0.15) is 0 Å². The lowest BCUT2D eigenvalue weighted by atomic mass is 9.98. The first-order chi connectivity index (χ1) is 9.25. The standard InChI is InChI=1S/C17H20N2/c1-13(18)16-8-4-5-9-17(16)19-11-10-14-6-2-3-7-15(14)12-19/h2-9,13H,10-12,18H2,1H3. The molecule has 1 aliphatic rings. The van der Waals surface area contributed by atoms with E-state index in [1.165, 1.54) is 22.4 Å². The number of para-hydroxylation sites is 1. The van der Waals surface area contributed by atoms with Crippen molar-refractivity contribution in [2.24, 2.45) is 5.73 Å². The molecule has 0 amide bonds. The molecule has 19 heavy (non-hydrogen) atoms. The molecule has 0 aromatic heterocycles. The van der Waals surface area contributed by atoms with Crippen LogP contribution in [-0.2, 0) is 13.0 Å². The summed E-state index contributed by atoms with van der Waals surface area (Å²) in [5.41, 5.74) is 11.5. The van der Waals surface area contributed by atoms with Gasteiger partial charge >= 0.3 is 0 Å². The fourth-order valence-corrected chi connectivity index (χ4v) is 2.86.